The quantitative estimate of drug-likeness (QED) is 0.770. The number of halogens is 1. The summed E-state index contributed by atoms with van der Waals surface area (Å²) in [5.41, 5.74) is 2.50. The molecule has 0 spiro atoms. The summed E-state index contributed by atoms with van der Waals surface area (Å²) < 4.78 is 25.0. The summed E-state index contributed by atoms with van der Waals surface area (Å²) in [6.07, 6.45) is 2.30. The molecule has 7 nitrogen and oxygen atoms in total. The Balaban J connectivity index is 1.21. The molecule has 0 radical (unpaired) electrons. The average Bonchev–Trinajstić information content (AvgIpc) is 3.34. The Hall–Kier alpha value is -2.60. The van der Waals surface area contributed by atoms with Crippen LogP contribution >= 0.6 is 0 Å². The molecular weight excluding hydrogens is 409 g/mol. The minimum atomic E-state index is -0.331. The van der Waals surface area contributed by atoms with Gasteiger partial charge in [0.05, 0.1) is 37.2 Å². The smallest absolute Gasteiger partial charge is 0.166 e. The highest BCUT2D eigenvalue weighted by atomic mass is 19.1. The summed E-state index contributed by atoms with van der Waals surface area (Å²) >= 11 is 0. The molecule has 1 aromatic carbocycles. The maximum Gasteiger partial charge on any atom is 0.166 e. The normalized spacial score (nSPS) is 27.8. The molecule has 3 heterocycles. The Morgan fingerprint density at radius 3 is 2.72 bits per heavy atom. The van der Waals surface area contributed by atoms with Crippen molar-refractivity contribution in [1.29, 1.82) is 5.26 Å². The van der Waals surface area contributed by atoms with Crippen LogP contribution in [0.2, 0.25) is 0 Å². The van der Waals surface area contributed by atoms with Crippen LogP contribution in [0.5, 0.6) is 0 Å². The van der Waals surface area contributed by atoms with E-state index in [-0.39, 0.29) is 18.0 Å². The lowest BCUT2D eigenvalue weighted by Crippen LogP contribution is -2.39. The van der Waals surface area contributed by atoms with Crippen LogP contribution in [0.1, 0.15) is 24.0 Å². The number of hydrogen-bond donors (Lipinski definition) is 1. The molecule has 5 rings (SSSR count). The summed E-state index contributed by atoms with van der Waals surface area (Å²) in [6.45, 7) is 7.08. The molecule has 1 N–H and O–H groups in total. The third kappa shape index (κ3) is 4.46. The van der Waals surface area contributed by atoms with E-state index in [1.54, 1.807) is 12.1 Å². The zero-order valence-corrected chi connectivity index (χ0v) is 18.3. The van der Waals surface area contributed by atoms with Crippen LogP contribution in [0.3, 0.4) is 0 Å². The first-order chi connectivity index (χ1) is 15.6. The maximum absolute atomic E-state index is 13.7. The molecule has 168 valence electrons. The highest BCUT2D eigenvalue weighted by Gasteiger charge is 2.41. The fraction of sp³-hybridized carbons (Fsp3) is 0.542. The predicted molar refractivity (Wildman–Crippen MR) is 118 cm³/mol. The van der Waals surface area contributed by atoms with E-state index in [1.807, 2.05) is 6.92 Å². The molecule has 1 aromatic heterocycles. The van der Waals surface area contributed by atoms with E-state index < -0.39 is 0 Å². The first-order valence-corrected chi connectivity index (χ1v) is 11.3. The average molecular weight is 438 g/mol. The van der Waals surface area contributed by atoms with Crippen molar-refractivity contribution in [3.8, 4) is 17.3 Å². The van der Waals surface area contributed by atoms with Gasteiger partial charge < -0.3 is 19.7 Å². The van der Waals surface area contributed by atoms with Gasteiger partial charge in [-0.05, 0) is 55.4 Å². The minimum Gasteiger partial charge on any atom is -0.376 e. The molecule has 0 amide bonds. The standard InChI is InChI=1S/C24H28FN5O2/c1-15-2-3-19(25)9-22(15)23-8-16(10-26)24(29-28-23)27-20-6-17-11-30(12-18(17)7-20)13-21-14-31-4-5-32-21/h2-3,8-9,17-18,20-21H,4-7,11-14H2,1H3,(H,27,29)/t17-,18+,20?,21?. The monoisotopic (exact) mass is 437 g/mol. The van der Waals surface area contributed by atoms with Gasteiger partial charge >= 0.3 is 0 Å². The number of rotatable bonds is 5. The fourth-order valence-electron chi connectivity index (χ4n) is 5.37. The predicted octanol–water partition coefficient (Wildman–Crippen LogP) is 3.00. The molecule has 0 bridgehead atoms. The van der Waals surface area contributed by atoms with Gasteiger partial charge in [-0.25, -0.2) is 4.39 Å². The first kappa shape index (κ1) is 21.3. The van der Waals surface area contributed by atoms with E-state index >= 15 is 0 Å². The first-order valence-electron chi connectivity index (χ1n) is 11.3. The molecular formula is C24H28FN5O2. The van der Waals surface area contributed by atoms with Crippen molar-refractivity contribution in [3.05, 3.63) is 41.2 Å². The second-order valence-electron chi connectivity index (χ2n) is 9.18. The van der Waals surface area contributed by atoms with Gasteiger partial charge in [0, 0.05) is 31.2 Å². The lowest BCUT2D eigenvalue weighted by Gasteiger charge is -2.28. The van der Waals surface area contributed by atoms with Gasteiger partial charge in [-0.3, -0.25) is 0 Å². The summed E-state index contributed by atoms with van der Waals surface area (Å²) in [7, 11) is 0. The summed E-state index contributed by atoms with van der Waals surface area (Å²) in [4.78, 5) is 2.50. The van der Waals surface area contributed by atoms with Gasteiger partial charge in [-0.2, -0.15) is 5.26 Å². The lowest BCUT2D eigenvalue weighted by molar-refractivity contribution is -0.0964. The van der Waals surface area contributed by atoms with Crippen LogP contribution in [-0.4, -0.2) is 66.7 Å². The van der Waals surface area contributed by atoms with Crippen LogP contribution in [0.4, 0.5) is 10.2 Å². The molecule has 2 aromatic rings. The van der Waals surface area contributed by atoms with E-state index in [0.29, 0.717) is 54.3 Å². The number of nitriles is 1. The van der Waals surface area contributed by atoms with Gasteiger partial charge in [0.25, 0.3) is 0 Å². The van der Waals surface area contributed by atoms with Gasteiger partial charge in [0.2, 0.25) is 0 Å². The second kappa shape index (κ2) is 9.10. The van der Waals surface area contributed by atoms with Crippen LogP contribution in [0.15, 0.2) is 24.3 Å². The summed E-state index contributed by atoms with van der Waals surface area (Å²) in [5.74, 6) is 1.47. The molecule has 3 aliphatic rings. The molecule has 2 aliphatic heterocycles. The highest BCUT2D eigenvalue weighted by Crippen LogP contribution is 2.39. The Labute approximate surface area is 187 Å². The molecule has 2 saturated heterocycles. The number of nitrogens with zero attached hydrogens (tertiary/aromatic N) is 4. The zero-order valence-electron chi connectivity index (χ0n) is 18.3. The van der Waals surface area contributed by atoms with Crippen molar-refractivity contribution in [3.63, 3.8) is 0 Å². The number of aromatic nitrogens is 2. The summed E-state index contributed by atoms with van der Waals surface area (Å²) in [6, 6.07) is 8.76. The zero-order chi connectivity index (χ0) is 22.1. The number of likely N-dealkylation sites (tertiary alicyclic amines) is 1. The number of hydrogen-bond acceptors (Lipinski definition) is 7. The van der Waals surface area contributed by atoms with Crippen LogP contribution in [0, 0.1) is 35.9 Å². The van der Waals surface area contributed by atoms with Crippen LogP contribution in [0.25, 0.3) is 11.3 Å². The van der Waals surface area contributed by atoms with E-state index in [0.717, 1.165) is 38.0 Å². The third-order valence-electron chi connectivity index (χ3n) is 6.90. The Morgan fingerprint density at radius 2 is 2.00 bits per heavy atom. The molecule has 2 unspecified atom stereocenters. The Bertz CT molecular complexity index is 1010. The van der Waals surface area contributed by atoms with E-state index in [2.05, 4.69) is 26.5 Å². The van der Waals surface area contributed by atoms with E-state index in [9.17, 15) is 9.65 Å². The van der Waals surface area contributed by atoms with Crippen molar-refractivity contribution in [2.24, 2.45) is 11.8 Å². The number of fused-ring (bicyclic) bond motifs is 1. The Morgan fingerprint density at radius 1 is 1.19 bits per heavy atom. The fourth-order valence-corrected chi connectivity index (χ4v) is 5.37. The van der Waals surface area contributed by atoms with E-state index in [1.165, 1.54) is 12.1 Å². The third-order valence-corrected chi connectivity index (χ3v) is 6.90. The van der Waals surface area contributed by atoms with Gasteiger partial charge in [-0.1, -0.05) is 6.07 Å². The van der Waals surface area contributed by atoms with Gasteiger partial charge in [0.15, 0.2) is 5.82 Å². The topological polar surface area (TPSA) is 83.3 Å². The lowest BCUT2D eigenvalue weighted by atomic mass is 10.0. The molecule has 32 heavy (non-hydrogen) atoms. The molecule has 1 saturated carbocycles. The largest absolute Gasteiger partial charge is 0.376 e. The Kier molecular flexibility index (Phi) is 6.05. The SMILES string of the molecule is Cc1ccc(F)cc1-c1cc(C#N)c(NC2C[C@@H]3CN(CC4COCCO4)C[C@@H]3C2)nn1. The van der Waals surface area contributed by atoms with Gasteiger partial charge in [-0.15, -0.1) is 10.2 Å². The minimum absolute atomic E-state index is 0.185. The van der Waals surface area contributed by atoms with Crippen molar-refractivity contribution in [2.75, 3.05) is 44.8 Å². The van der Waals surface area contributed by atoms with Crippen LogP contribution < -0.4 is 5.32 Å². The summed E-state index contributed by atoms with van der Waals surface area (Å²) in [5, 5.41) is 21.7. The second-order valence-corrected chi connectivity index (χ2v) is 9.18. The number of benzene rings is 1. The van der Waals surface area contributed by atoms with Crippen molar-refractivity contribution in [1.82, 2.24) is 15.1 Å². The molecule has 4 atom stereocenters. The number of anilines is 1. The number of ether oxygens (including phenoxy) is 2. The van der Waals surface area contributed by atoms with Crippen molar-refractivity contribution < 1.29 is 13.9 Å². The van der Waals surface area contributed by atoms with Crippen molar-refractivity contribution >= 4 is 5.82 Å². The number of nitrogens with one attached hydrogen (secondary N) is 1. The van der Waals surface area contributed by atoms with Crippen LogP contribution in [-0.2, 0) is 9.47 Å². The maximum atomic E-state index is 13.7. The number of aryl methyl sites for hydroxylation is 1. The molecule has 8 heteroatoms. The van der Waals surface area contributed by atoms with Crippen molar-refractivity contribution in [2.45, 2.75) is 31.9 Å². The molecule has 1 aliphatic carbocycles. The van der Waals surface area contributed by atoms with E-state index in [4.69, 9.17) is 9.47 Å². The highest BCUT2D eigenvalue weighted by molar-refractivity contribution is 5.67. The molecule has 3 fully saturated rings. The van der Waals surface area contributed by atoms with Gasteiger partial charge in [0.1, 0.15) is 11.9 Å².